The van der Waals surface area contributed by atoms with Crippen molar-refractivity contribution in [3.8, 4) is 0 Å². The van der Waals surface area contributed by atoms with Gasteiger partial charge in [0.2, 0.25) is 0 Å². The van der Waals surface area contributed by atoms with Gasteiger partial charge in [0, 0.05) is 6.61 Å². The first-order valence-electron chi connectivity index (χ1n) is 6.67. The Balaban J connectivity index is 1.79. The van der Waals surface area contributed by atoms with E-state index in [4.69, 9.17) is 4.74 Å². The molecule has 0 aromatic heterocycles. The lowest BCUT2D eigenvalue weighted by atomic mass is 10.00. The van der Waals surface area contributed by atoms with E-state index >= 15 is 0 Å². The van der Waals surface area contributed by atoms with Crippen LogP contribution in [0.4, 0.5) is 0 Å². The molecule has 2 heteroatoms. The summed E-state index contributed by atoms with van der Waals surface area (Å²) in [6.07, 6.45) is 4.59. The van der Waals surface area contributed by atoms with Crippen molar-refractivity contribution in [1.29, 1.82) is 0 Å². The Labute approximate surface area is 99.4 Å². The third-order valence-corrected chi connectivity index (χ3v) is 5.33. The van der Waals surface area contributed by atoms with Crippen molar-refractivity contribution >= 4 is 0 Å². The molecule has 2 nitrogen and oxygen atoms in total. The molecule has 94 valence electrons. The third kappa shape index (κ3) is 1.91. The number of hydrogen-bond donors (Lipinski definition) is 1. The zero-order valence-electron chi connectivity index (χ0n) is 11.1. The molecule has 2 fully saturated rings. The van der Waals surface area contributed by atoms with Gasteiger partial charge in [0.25, 0.3) is 0 Å². The van der Waals surface area contributed by atoms with Gasteiger partial charge in [-0.2, -0.15) is 0 Å². The summed E-state index contributed by atoms with van der Waals surface area (Å²) >= 11 is 0. The van der Waals surface area contributed by atoms with Crippen molar-refractivity contribution in [2.75, 3.05) is 6.61 Å². The second-order valence-electron chi connectivity index (χ2n) is 6.70. The lowest BCUT2D eigenvalue weighted by molar-refractivity contribution is 0.0680. The summed E-state index contributed by atoms with van der Waals surface area (Å²) in [5, 5.41) is 10.3. The smallest absolute Gasteiger partial charge is 0.0580 e. The van der Waals surface area contributed by atoms with Crippen molar-refractivity contribution in [3.05, 3.63) is 0 Å². The molecule has 1 heterocycles. The lowest BCUT2D eigenvalue weighted by Gasteiger charge is -2.15. The Morgan fingerprint density at radius 3 is 2.31 bits per heavy atom. The predicted molar refractivity (Wildman–Crippen MR) is 65.3 cm³/mol. The highest BCUT2D eigenvalue weighted by Gasteiger charge is 2.66. The summed E-state index contributed by atoms with van der Waals surface area (Å²) in [6, 6.07) is 0. The molecule has 2 rings (SSSR count). The molecule has 2 atom stereocenters. The van der Waals surface area contributed by atoms with Gasteiger partial charge in [0.15, 0.2) is 0 Å². The maximum Gasteiger partial charge on any atom is 0.0580 e. The largest absolute Gasteiger partial charge is 0.393 e. The van der Waals surface area contributed by atoms with Crippen LogP contribution in [0.25, 0.3) is 0 Å². The molecule has 1 saturated carbocycles. The predicted octanol–water partition coefficient (Wildman–Crippen LogP) is 2.99. The summed E-state index contributed by atoms with van der Waals surface area (Å²) in [7, 11) is 0. The first-order chi connectivity index (χ1) is 7.37. The van der Waals surface area contributed by atoms with E-state index in [0.29, 0.717) is 22.9 Å². The van der Waals surface area contributed by atoms with E-state index in [1.807, 2.05) is 0 Å². The van der Waals surface area contributed by atoms with Crippen LogP contribution in [0, 0.1) is 16.7 Å². The van der Waals surface area contributed by atoms with Crippen LogP contribution >= 0.6 is 0 Å². The SMILES string of the molecule is CC1(C)C(C(O)CCC2CCCO2)C1(C)C. The minimum Gasteiger partial charge on any atom is -0.393 e. The molecule has 1 aliphatic heterocycles. The van der Waals surface area contributed by atoms with E-state index in [2.05, 4.69) is 27.7 Å². The van der Waals surface area contributed by atoms with E-state index in [0.717, 1.165) is 19.4 Å². The third-order valence-electron chi connectivity index (χ3n) is 5.33. The second kappa shape index (κ2) is 3.99. The van der Waals surface area contributed by atoms with Crippen LogP contribution in [0.1, 0.15) is 53.4 Å². The van der Waals surface area contributed by atoms with Crippen LogP contribution < -0.4 is 0 Å². The summed E-state index contributed by atoms with van der Waals surface area (Å²) in [5.41, 5.74) is 0.589. The number of ether oxygens (including phenoxy) is 1. The van der Waals surface area contributed by atoms with Crippen LogP contribution in [0.15, 0.2) is 0 Å². The Bertz CT molecular complexity index is 237. The maximum atomic E-state index is 10.3. The number of rotatable bonds is 4. The molecule has 2 aliphatic rings. The van der Waals surface area contributed by atoms with Gasteiger partial charge in [-0.1, -0.05) is 27.7 Å². The first kappa shape index (κ1) is 12.4. The van der Waals surface area contributed by atoms with Gasteiger partial charge in [-0.15, -0.1) is 0 Å². The average Bonchev–Trinajstić information content (AvgIpc) is 2.61. The highest BCUT2D eigenvalue weighted by Crippen LogP contribution is 2.70. The Kier molecular flexibility index (Phi) is 3.09. The van der Waals surface area contributed by atoms with Crippen LogP contribution in [0.3, 0.4) is 0 Å². The lowest BCUT2D eigenvalue weighted by Crippen LogP contribution is -2.17. The van der Waals surface area contributed by atoms with E-state index in [1.54, 1.807) is 0 Å². The molecule has 0 amide bonds. The van der Waals surface area contributed by atoms with E-state index < -0.39 is 0 Å². The molecule has 0 bridgehead atoms. The van der Waals surface area contributed by atoms with Crippen molar-refractivity contribution in [3.63, 3.8) is 0 Å². The van der Waals surface area contributed by atoms with E-state index in [-0.39, 0.29) is 6.10 Å². The molecular formula is C14H26O2. The Morgan fingerprint density at radius 2 is 1.88 bits per heavy atom. The molecular weight excluding hydrogens is 200 g/mol. The quantitative estimate of drug-likeness (QED) is 0.798. The second-order valence-corrected chi connectivity index (χ2v) is 6.70. The fourth-order valence-corrected chi connectivity index (χ4v) is 3.60. The van der Waals surface area contributed by atoms with Crippen molar-refractivity contribution in [1.82, 2.24) is 0 Å². The van der Waals surface area contributed by atoms with Crippen LogP contribution in [0.5, 0.6) is 0 Å². The molecule has 16 heavy (non-hydrogen) atoms. The zero-order chi connectivity index (χ0) is 12.0. The van der Waals surface area contributed by atoms with Gasteiger partial charge in [0.05, 0.1) is 12.2 Å². The molecule has 2 unspecified atom stereocenters. The molecule has 1 aliphatic carbocycles. The number of aliphatic hydroxyl groups excluding tert-OH is 1. The number of hydrogen-bond acceptors (Lipinski definition) is 2. The van der Waals surface area contributed by atoms with Gasteiger partial charge in [-0.05, 0) is 42.4 Å². The Hall–Kier alpha value is -0.0800. The molecule has 1 N–H and O–H groups in total. The van der Waals surface area contributed by atoms with Crippen LogP contribution in [-0.2, 0) is 4.74 Å². The van der Waals surface area contributed by atoms with Gasteiger partial charge in [-0.25, -0.2) is 0 Å². The van der Waals surface area contributed by atoms with Gasteiger partial charge in [0.1, 0.15) is 0 Å². The fourth-order valence-electron chi connectivity index (χ4n) is 3.60. The van der Waals surface area contributed by atoms with Crippen molar-refractivity contribution < 1.29 is 9.84 Å². The highest BCUT2D eigenvalue weighted by molar-refractivity contribution is 5.14. The van der Waals surface area contributed by atoms with E-state index in [9.17, 15) is 5.11 Å². The molecule has 1 saturated heterocycles. The summed E-state index contributed by atoms with van der Waals surface area (Å²) in [4.78, 5) is 0. The number of aliphatic hydroxyl groups is 1. The van der Waals surface area contributed by atoms with Crippen LogP contribution in [-0.4, -0.2) is 23.9 Å². The Morgan fingerprint density at radius 1 is 1.25 bits per heavy atom. The minimum absolute atomic E-state index is 0.144. The fraction of sp³-hybridized carbons (Fsp3) is 1.00. The maximum absolute atomic E-state index is 10.3. The molecule has 0 aromatic rings. The zero-order valence-corrected chi connectivity index (χ0v) is 11.1. The van der Waals surface area contributed by atoms with Gasteiger partial charge in [-0.3, -0.25) is 0 Å². The van der Waals surface area contributed by atoms with Gasteiger partial charge >= 0.3 is 0 Å². The monoisotopic (exact) mass is 226 g/mol. The average molecular weight is 226 g/mol. The summed E-state index contributed by atoms with van der Waals surface area (Å²) in [5.74, 6) is 0.460. The minimum atomic E-state index is -0.144. The van der Waals surface area contributed by atoms with E-state index in [1.165, 1.54) is 12.8 Å². The molecule has 0 spiro atoms. The standard InChI is InChI=1S/C14H26O2/c1-13(2)12(14(13,3)4)11(15)8-7-10-6-5-9-16-10/h10-12,15H,5-9H2,1-4H3. The van der Waals surface area contributed by atoms with Crippen LogP contribution in [0.2, 0.25) is 0 Å². The highest BCUT2D eigenvalue weighted by atomic mass is 16.5. The normalized spacial score (nSPS) is 33.9. The summed E-state index contributed by atoms with van der Waals surface area (Å²) in [6.45, 7) is 10.0. The van der Waals surface area contributed by atoms with Crippen molar-refractivity contribution in [2.24, 2.45) is 16.7 Å². The summed E-state index contributed by atoms with van der Waals surface area (Å²) < 4.78 is 5.60. The first-order valence-corrected chi connectivity index (χ1v) is 6.67. The topological polar surface area (TPSA) is 29.5 Å². The van der Waals surface area contributed by atoms with Gasteiger partial charge < -0.3 is 9.84 Å². The molecule has 0 aromatic carbocycles. The molecule has 0 radical (unpaired) electrons. The van der Waals surface area contributed by atoms with Crippen molar-refractivity contribution in [2.45, 2.75) is 65.6 Å².